The van der Waals surface area contributed by atoms with Crippen LogP contribution < -0.4 is 10.6 Å². The number of aromatic nitrogens is 2. The number of nitrogens with one attached hydrogen (secondary N) is 2. The fourth-order valence-corrected chi connectivity index (χ4v) is 3.23. The molecule has 1 aromatic carbocycles. The van der Waals surface area contributed by atoms with Crippen LogP contribution in [0.3, 0.4) is 0 Å². The Bertz CT molecular complexity index is 679. The Kier molecular flexibility index (Phi) is 5.92. The Morgan fingerprint density at radius 1 is 1.17 bits per heavy atom. The summed E-state index contributed by atoms with van der Waals surface area (Å²) in [5.74, 6) is -0.210. The van der Waals surface area contributed by atoms with Gasteiger partial charge in [-0.3, -0.25) is 10.1 Å². The van der Waals surface area contributed by atoms with Crippen molar-refractivity contribution in [2.24, 2.45) is 0 Å². The maximum atomic E-state index is 11.9. The first-order valence-electron chi connectivity index (χ1n) is 8.13. The molecule has 2 N–H and O–H groups in total. The molecular formula is C17H21N5OS. The van der Waals surface area contributed by atoms with Crippen LogP contribution >= 0.6 is 11.3 Å². The summed E-state index contributed by atoms with van der Waals surface area (Å²) in [6, 6.07) is 9.69. The molecule has 2 aromatic rings. The molecule has 0 bridgehead atoms. The molecule has 1 aliphatic rings. The molecule has 1 aliphatic heterocycles. The molecule has 126 valence electrons. The average Bonchev–Trinajstić information content (AvgIpc) is 3.26. The highest BCUT2D eigenvalue weighted by atomic mass is 32.1. The van der Waals surface area contributed by atoms with Gasteiger partial charge in [-0.1, -0.05) is 41.7 Å². The Balaban J connectivity index is 1.43. The molecular weight excluding hydrogens is 322 g/mol. The number of benzene rings is 1. The van der Waals surface area contributed by atoms with Crippen LogP contribution in [0.4, 0.5) is 10.3 Å². The van der Waals surface area contributed by atoms with Crippen LogP contribution in [-0.2, 0) is 4.79 Å². The number of carbonyl (C=O) groups excluding carboxylic acids is 1. The van der Waals surface area contributed by atoms with Crippen LogP contribution in [0.2, 0.25) is 0 Å². The smallest absolute Gasteiger partial charge is 0.250 e. The first-order chi connectivity index (χ1) is 11.8. The van der Waals surface area contributed by atoms with Gasteiger partial charge in [0, 0.05) is 19.2 Å². The van der Waals surface area contributed by atoms with Crippen LogP contribution in [-0.4, -0.2) is 47.2 Å². The quantitative estimate of drug-likeness (QED) is 0.757. The first-order valence-corrected chi connectivity index (χ1v) is 8.95. The molecule has 7 heteroatoms. The third-order valence-corrected chi connectivity index (χ3v) is 4.58. The van der Waals surface area contributed by atoms with Crippen molar-refractivity contribution in [1.29, 1.82) is 0 Å². The van der Waals surface area contributed by atoms with E-state index in [0.717, 1.165) is 23.8 Å². The van der Waals surface area contributed by atoms with Gasteiger partial charge < -0.3 is 10.2 Å². The molecule has 0 unspecified atom stereocenters. The van der Waals surface area contributed by atoms with Gasteiger partial charge in [-0.25, -0.2) is 0 Å². The van der Waals surface area contributed by atoms with E-state index in [9.17, 15) is 4.79 Å². The van der Waals surface area contributed by atoms with E-state index in [2.05, 4.69) is 25.7 Å². The van der Waals surface area contributed by atoms with Crippen molar-refractivity contribution in [3.8, 4) is 0 Å². The zero-order chi connectivity index (χ0) is 16.6. The highest BCUT2D eigenvalue weighted by Crippen LogP contribution is 2.19. The van der Waals surface area contributed by atoms with Crippen molar-refractivity contribution in [3.05, 3.63) is 42.0 Å². The Hall–Kier alpha value is -2.25. The van der Waals surface area contributed by atoms with E-state index < -0.39 is 0 Å². The number of anilines is 2. The molecule has 3 rings (SSSR count). The van der Waals surface area contributed by atoms with Crippen molar-refractivity contribution in [2.75, 3.05) is 36.8 Å². The summed E-state index contributed by atoms with van der Waals surface area (Å²) < 4.78 is 0. The van der Waals surface area contributed by atoms with Gasteiger partial charge in [0.1, 0.15) is 0 Å². The lowest BCUT2D eigenvalue weighted by Gasteiger charge is -2.13. The van der Waals surface area contributed by atoms with Crippen LogP contribution in [0.15, 0.2) is 36.4 Å². The maximum absolute atomic E-state index is 11.9. The second-order valence-electron chi connectivity index (χ2n) is 5.62. The summed E-state index contributed by atoms with van der Waals surface area (Å²) in [4.78, 5) is 14.3. The number of nitrogens with zero attached hydrogens (tertiary/aromatic N) is 3. The molecule has 0 atom stereocenters. The fourth-order valence-electron chi connectivity index (χ4n) is 2.56. The van der Waals surface area contributed by atoms with E-state index in [4.69, 9.17) is 0 Å². The van der Waals surface area contributed by atoms with E-state index in [1.54, 1.807) is 6.08 Å². The molecule has 1 saturated heterocycles. The Labute approximate surface area is 145 Å². The zero-order valence-corrected chi connectivity index (χ0v) is 14.3. The van der Waals surface area contributed by atoms with Gasteiger partial charge in [0.15, 0.2) is 0 Å². The number of hydrogen-bond donors (Lipinski definition) is 2. The lowest BCUT2D eigenvalue weighted by atomic mass is 10.2. The lowest BCUT2D eigenvalue weighted by molar-refractivity contribution is -0.111. The van der Waals surface area contributed by atoms with Crippen LogP contribution in [0.25, 0.3) is 6.08 Å². The van der Waals surface area contributed by atoms with Gasteiger partial charge in [-0.2, -0.15) is 0 Å². The monoisotopic (exact) mass is 343 g/mol. The van der Waals surface area contributed by atoms with E-state index in [-0.39, 0.29) is 5.91 Å². The molecule has 1 amide bonds. The second-order valence-corrected chi connectivity index (χ2v) is 6.60. The number of likely N-dealkylation sites (tertiary alicyclic amines) is 1. The minimum absolute atomic E-state index is 0.210. The van der Waals surface area contributed by atoms with Crippen LogP contribution in [0, 0.1) is 0 Å². The third-order valence-electron chi connectivity index (χ3n) is 3.78. The molecule has 6 nitrogen and oxygen atoms in total. The molecule has 0 aliphatic carbocycles. The van der Waals surface area contributed by atoms with E-state index in [0.29, 0.717) is 5.13 Å². The van der Waals surface area contributed by atoms with Crippen molar-refractivity contribution < 1.29 is 4.79 Å². The topological polar surface area (TPSA) is 70.1 Å². The van der Waals surface area contributed by atoms with E-state index in [1.807, 2.05) is 30.3 Å². The summed E-state index contributed by atoms with van der Waals surface area (Å²) in [5, 5.41) is 15.3. The SMILES string of the molecule is O=C(/C=C/c1ccccc1)Nc1nnc(NCCN2CCCC2)s1. The molecule has 2 heterocycles. The standard InChI is InChI=1S/C17H21N5OS/c23-15(9-8-14-6-2-1-3-7-14)19-17-21-20-16(24-17)18-10-13-22-11-4-5-12-22/h1-3,6-9H,4-5,10-13H2,(H,18,20)(H,19,21,23)/b9-8+. The van der Waals surface area contributed by atoms with Crippen LogP contribution in [0.1, 0.15) is 18.4 Å². The predicted molar refractivity (Wildman–Crippen MR) is 98.2 cm³/mol. The maximum Gasteiger partial charge on any atom is 0.250 e. The Morgan fingerprint density at radius 2 is 1.92 bits per heavy atom. The summed E-state index contributed by atoms with van der Waals surface area (Å²) in [6.07, 6.45) is 5.86. The molecule has 0 radical (unpaired) electrons. The van der Waals surface area contributed by atoms with Crippen molar-refractivity contribution in [1.82, 2.24) is 15.1 Å². The number of carbonyl (C=O) groups is 1. The van der Waals surface area contributed by atoms with Gasteiger partial charge >= 0.3 is 0 Å². The largest absolute Gasteiger partial charge is 0.359 e. The summed E-state index contributed by atoms with van der Waals surface area (Å²) in [6.45, 7) is 4.23. The predicted octanol–water partition coefficient (Wildman–Crippen LogP) is 2.70. The Morgan fingerprint density at radius 3 is 2.71 bits per heavy atom. The van der Waals surface area contributed by atoms with Crippen molar-refractivity contribution >= 4 is 33.6 Å². The molecule has 0 saturated carbocycles. The van der Waals surface area contributed by atoms with Gasteiger partial charge in [-0.05, 0) is 37.6 Å². The average molecular weight is 343 g/mol. The molecule has 24 heavy (non-hydrogen) atoms. The molecule has 1 aromatic heterocycles. The summed E-state index contributed by atoms with van der Waals surface area (Å²) in [7, 11) is 0. The number of hydrogen-bond acceptors (Lipinski definition) is 6. The second kappa shape index (κ2) is 8.56. The lowest BCUT2D eigenvalue weighted by Crippen LogP contribution is -2.25. The van der Waals surface area contributed by atoms with Crippen molar-refractivity contribution in [3.63, 3.8) is 0 Å². The minimum Gasteiger partial charge on any atom is -0.359 e. The fraction of sp³-hybridized carbons (Fsp3) is 0.353. The zero-order valence-electron chi connectivity index (χ0n) is 13.4. The molecule has 0 spiro atoms. The first kappa shape index (κ1) is 16.6. The number of rotatable bonds is 7. The van der Waals surface area contributed by atoms with Crippen LogP contribution in [0.5, 0.6) is 0 Å². The third kappa shape index (κ3) is 5.14. The van der Waals surface area contributed by atoms with Gasteiger partial charge in [0.05, 0.1) is 0 Å². The highest BCUT2D eigenvalue weighted by Gasteiger charge is 2.11. The van der Waals surface area contributed by atoms with E-state index >= 15 is 0 Å². The minimum atomic E-state index is -0.210. The van der Waals surface area contributed by atoms with Crippen molar-refractivity contribution in [2.45, 2.75) is 12.8 Å². The molecule has 1 fully saturated rings. The van der Waals surface area contributed by atoms with Gasteiger partial charge in [-0.15, -0.1) is 10.2 Å². The van der Waals surface area contributed by atoms with Gasteiger partial charge in [0.25, 0.3) is 0 Å². The summed E-state index contributed by atoms with van der Waals surface area (Å²) >= 11 is 1.35. The number of amides is 1. The van der Waals surface area contributed by atoms with E-state index in [1.165, 1.54) is 43.3 Å². The highest BCUT2D eigenvalue weighted by molar-refractivity contribution is 7.19. The normalized spacial score (nSPS) is 15.0. The van der Waals surface area contributed by atoms with Gasteiger partial charge in [0.2, 0.25) is 16.2 Å². The summed E-state index contributed by atoms with van der Waals surface area (Å²) in [5.41, 5.74) is 0.981.